The summed E-state index contributed by atoms with van der Waals surface area (Å²) < 4.78 is 0. The second kappa shape index (κ2) is 6.03. The van der Waals surface area contributed by atoms with E-state index in [9.17, 15) is 5.26 Å². The molecule has 1 saturated heterocycles. The summed E-state index contributed by atoms with van der Waals surface area (Å²) in [6.45, 7) is 5.52. The van der Waals surface area contributed by atoms with Crippen molar-refractivity contribution in [1.29, 1.82) is 5.26 Å². The molecule has 0 unspecified atom stereocenters. The number of piperazine rings is 1. The van der Waals surface area contributed by atoms with Crippen molar-refractivity contribution in [3.8, 4) is 6.07 Å². The van der Waals surface area contributed by atoms with Gasteiger partial charge in [-0.15, -0.1) is 11.6 Å². The average molecular weight is 290 g/mol. The van der Waals surface area contributed by atoms with Gasteiger partial charge >= 0.3 is 0 Å². The van der Waals surface area contributed by atoms with Crippen LogP contribution in [0.5, 0.6) is 0 Å². The summed E-state index contributed by atoms with van der Waals surface area (Å²) >= 11 is 5.84. The average Bonchev–Trinajstić information content (AvgIpc) is 3.31. The molecule has 2 fully saturated rings. The number of benzene rings is 1. The van der Waals surface area contributed by atoms with Crippen LogP contribution in [0, 0.1) is 17.2 Å². The van der Waals surface area contributed by atoms with Gasteiger partial charge in [0.25, 0.3) is 0 Å². The molecule has 1 aromatic rings. The molecule has 106 valence electrons. The molecule has 0 aromatic heterocycles. The van der Waals surface area contributed by atoms with Crippen LogP contribution in [0.4, 0.5) is 5.69 Å². The highest BCUT2D eigenvalue weighted by Gasteiger charge is 2.26. The SMILES string of the molecule is N#Cc1cc(CCl)ccc1N1CCN(CC2CC2)CC1. The third kappa shape index (κ3) is 3.08. The van der Waals surface area contributed by atoms with Gasteiger partial charge in [0.15, 0.2) is 0 Å². The third-order valence-corrected chi connectivity index (χ3v) is 4.57. The first kappa shape index (κ1) is 13.7. The molecule has 0 spiro atoms. The van der Waals surface area contributed by atoms with Crippen molar-refractivity contribution in [3.05, 3.63) is 29.3 Å². The van der Waals surface area contributed by atoms with Crippen LogP contribution in [0.25, 0.3) is 0 Å². The lowest BCUT2D eigenvalue weighted by molar-refractivity contribution is 0.248. The van der Waals surface area contributed by atoms with Crippen LogP contribution in [-0.2, 0) is 5.88 Å². The van der Waals surface area contributed by atoms with E-state index in [4.69, 9.17) is 11.6 Å². The van der Waals surface area contributed by atoms with Crippen molar-refractivity contribution in [1.82, 2.24) is 4.90 Å². The minimum atomic E-state index is 0.462. The van der Waals surface area contributed by atoms with E-state index in [1.165, 1.54) is 19.4 Å². The molecule has 1 saturated carbocycles. The fourth-order valence-corrected chi connectivity index (χ4v) is 3.03. The molecule has 4 heteroatoms. The maximum absolute atomic E-state index is 9.32. The second-order valence-corrected chi connectivity index (χ2v) is 6.10. The van der Waals surface area contributed by atoms with Crippen LogP contribution in [0.2, 0.25) is 0 Å². The number of alkyl halides is 1. The molecule has 0 bridgehead atoms. The Labute approximate surface area is 125 Å². The van der Waals surface area contributed by atoms with Gasteiger partial charge in [0, 0.05) is 38.6 Å². The molecule has 3 nitrogen and oxygen atoms in total. The Kier molecular flexibility index (Phi) is 4.14. The van der Waals surface area contributed by atoms with Crippen molar-refractivity contribution < 1.29 is 0 Å². The lowest BCUT2D eigenvalue weighted by Gasteiger charge is -2.36. The van der Waals surface area contributed by atoms with Crippen LogP contribution in [0.15, 0.2) is 18.2 Å². The van der Waals surface area contributed by atoms with Gasteiger partial charge < -0.3 is 4.90 Å². The highest BCUT2D eigenvalue weighted by atomic mass is 35.5. The zero-order chi connectivity index (χ0) is 13.9. The normalized spacial score (nSPS) is 19.9. The van der Waals surface area contributed by atoms with Gasteiger partial charge in [0.05, 0.1) is 11.3 Å². The van der Waals surface area contributed by atoms with Crippen LogP contribution < -0.4 is 4.90 Å². The van der Waals surface area contributed by atoms with E-state index in [-0.39, 0.29) is 0 Å². The van der Waals surface area contributed by atoms with Crippen LogP contribution >= 0.6 is 11.6 Å². The van der Waals surface area contributed by atoms with Gasteiger partial charge in [0.1, 0.15) is 6.07 Å². The molecular formula is C16H20ClN3. The second-order valence-electron chi connectivity index (χ2n) is 5.83. The topological polar surface area (TPSA) is 30.3 Å². The molecule has 1 aliphatic heterocycles. The first-order chi connectivity index (χ1) is 9.80. The lowest BCUT2D eigenvalue weighted by atomic mass is 10.1. The number of nitriles is 1. The van der Waals surface area contributed by atoms with Crippen molar-refractivity contribution in [2.24, 2.45) is 5.92 Å². The number of hydrogen-bond donors (Lipinski definition) is 0. The van der Waals surface area contributed by atoms with E-state index in [1.807, 2.05) is 18.2 Å². The van der Waals surface area contributed by atoms with Gasteiger partial charge in [-0.05, 0) is 36.5 Å². The van der Waals surface area contributed by atoms with Gasteiger partial charge in [-0.25, -0.2) is 0 Å². The van der Waals surface area contributed by atoms with Crippen LogP contribution in [-0.4, -0.2) is 37.6 Å². The predicted molar refractivity (Wildman–Crippen MR) is 82.1 cm³/mol. The smallest absolute Gasteiger partial charge is 0.101 e. The number of halogens is 1. The summed E-state index contributed by atoms with van der Waals surface area (Å²) in [7, 11) is 0. The zero-order valence-electron chi connectivity index (χ0n) is 11.7. The Hall–Kier alpha value is -1.24. The number of anilines is 1. The molecule has 3 rings (SSSR count). The summed E-state index contributed by atoms with van der Waals surface area (Å²) in [6.07, 6.45) is 2.83. The quantitative estimate of drug-likeness (QED) is 0.799. The first-order valence-corrected chi connectivity index (χ1v) is 7.90. The maximum atomic E-state index is 9.32. The first-order valence-electron chi connectivity index (χ1n) is 7.36. The van der Waals surface area contributed by atoms with Gasteiger partial charge in [-0.2, -0.15) is 5.26 Å². The Balaban J connectivity index is 1.66. The molecule has 20 heavy (non-hydrogen) atoms. The molecule has 0 atom stereocenters. The van der Waals surface area contributed by atoms with Gasteiger partial charge in [0.2, 0.25) is 0 Å². The van der Waals surface area contributed by atoms with E-state index >= 15 is 0 Å². The molecule has 0 amide bonds. The molecule has 1 aromatic carbocycles. The minimum Gasteiger partial charge on any atom is -0.368 e. The Morgan fingerprint density at radius 1 is 1.20 bits per heavy atom. The van der Waals surface area contributed by atoms with E-state index < -0.39 is 0 Å². The van der Waals surface area contributed by atoms with Crippen LogP contribution in [0.3, 0.4) is 0 Å². The summed E-state index contributed by atoms with van der Waals surface area (Å²) in [4.78, 5) is 4.90. The number of hydrogen-bond acceptors (Lipinski definition) is 3. The molecular weight excluding hydrogens is 270 g/mol. The largest absolute Gasteiger partial charge is 0.368 e. The van der Waals surface area contributed by atoms with Crippen molar-refractivity contribution in [3.63, 3.8) is 0 Å². The van der Waals surface area contributed by atoms with Gasteiger partial charge in [-0.1, -0.05) is 6.07 Å². The lowest BCUT2D eigenvalue weighted by Crippen LogP contribution is -2.47. The van der Waals surface area contributed by atoms with Gasteiger partial charge in [-0.3, -0.25) is 4.90 Å². The number of rotatable bonds is 4. The molecule has 2 aliphatic rings. The summed E-state index contributed by atoms with van der Waals surface area (Å²) in [5.74, 6) is 1.42. The fourth-order valence-electron chi connectivity index (χ4n) is 2.87. The third-order valence-electron chi connectivity index (χ3n) is 4.26. The zero-order valence-corrected chi connectivity index (χ0v) is 12.4. The maximum Gasteiger partial charge on any atom is 0.101 e. The van der Waals surface area contributed by atoms with Crippen LogP contribution in [0.1, 0.15) is 24.0 Å². The van der Waals surface area contributed by atoms with E-state index in [0.717, 1.165) is 48.9 Å². The van der Waals surface area contributed by atoms with E-state index in [2.05, 4.69) is 15.9 Å². The van der Waals surface area contributed by atoms with Crippen molar-refractivity contribution in [2.45, 2.75) is 18.7 Å². The monoisotopic (exact) mass is 289 g/mol. The summed E-state index contributed by atoms with van der Waals surface area (Å²) in [5, 5.41) is 9.32. The Morgan fingerprint density at radius 2 is 1.95 bits per heavy atom. The number of nitrogens with zero attached hydrogens (tertiary/aromatic N) is 3. The van der Waals surface area contributed by atoms with E-state index in [1.54, 1.807) is 0 Å². The molecule has 1 aliphatic carbocycles. The minimum absolute atomic E-state index is 0.462. The standard InChI is InChI=1S/C16H20ClN3/c17-10-14-3-4-16(15(9-14)11-18)20-7-5-19(6-8-20)12-13-1-2-13/h3-4,9,13H,1-2,5-8,10,12H2. The Morgan fingerprint density at radius 3 is 2.55 bits per heavy atom. The Bertz CT molecular complexity index is 511. The van der Waals surface area contributed by atoms with Crippen molar-refractivity contribution in [2.75, 3.05) is 37.6 Å². The fraction of sp³-hybridized carbons (Fsp3) is 0.562. The summed E-state index contributed by atoms with van der Waals surface area (Å²) in [6, 6.07) is 8.30. The highest BCUT2D eigenvalue weighted by Crippen LogP contribution is 2.30. The van der Waals surface area contributed by atoms with Crippen molar-refractivity contribution >= 4 is 17.3 Å². The summed E-state index contributed by atoms with van der Waals surface area (Å²) in [5.41, 5.74) is 2.82. The molecule has 0 radical (unpaired) electrons. The molecule has 0 N–H and O–H groups in total. The van der Waals surface area contributed by atoms with E-state index in [0.29, 0.717) is 5.88 Å². The predicted octanol–water partition coefficient (Wildman–Crippen LogP) is 2.83. The molecule has 1 heterocycles. The highest BCUT2D eigenvalue weighted by molar-refractivity contribution is 6.17.